The molecule has 110 valence electrons. The van der Waals surface area contributed by atoms with Gasteiger partial charge >= 0.3 is 12.1 Å². The highest BCUT2D eigenvalue weighted by Gasteiger charge is 2.39. The van der Waals surface area contributed by atoms with Crippen molar-refractivity contribution >= 4 is 11.9 Å². The van der Waals surface area contributed by atoms with Gasteiger partial charge in [-0.2, -0.15) is 13.2 Å². The van der Waals surface area contributed by atoms with Crippen LogP contribution in [-0.2, 0) is 16.0 Å². The zero-order valence-corrected chi connectivity index (χ0v) is 10.7. The second kappa shape index (κ2) is 6.40. The lowest BCUT2D eigenvalue weighted by Crippen LogP contribution is -2.41. The van der Waals surface area contributed by atoms with Crippen LogP contribution in [0.25, 0.3) is 0 Å². The maximum atomic E-state index is 12.2. The van der Waals surface area contributed by atoms with Crippen molar-refractivity contribution in [3.63, 3.8) is 0 Å². The molecule has 4 nitrogen and oxygen atoms in total. The first kappa shape index (κ1) is 16.0. The molecule has 1 aromatic carbocycles. The molecule has 0 fully saturated rings. The Morgan fingerprint density at radius 2 is 1.80 bits per heavy atom. The van der Waals surface area contributed by atoms with Crippen molar-refractivity contribution in [2.75, 3.05) is 0 Å². The summed E-state index contributed by atoms with van der Waals surface area (Å²) >= 11 is 0. The van der Waals surface area contributed by atoms with Crippen LogP contribution in [0.2, 0.25) is 0 Å². The summed E-state index contributed by atoms with van der Waals surface area (Å²) < 4.78 is 36.6. The number of carboxylic acid groups (broad SMARTS) is 1. The van der Waals surface area contributed by atoms with Gasteiger partial charge < -0.3 is 15.2 Å². The minimum atomic E-state index is -5.06. The molecule has 0 unspecified atom stereocenters. The van der Waals surface area contributed by atoms with Crippen molar-refractivity contribution in [1.29, 1.82) is 0 Å². The average Bonchev–Trinajstić information content (AvgIpc) is 2.36. The molecule has 0 radical (unpaired) electrons. The number of carbonyl (C=O) groups is 2. The summed E-state index contributed by atoms with van der Waals surface area (Å²) in [5.41, 5.74) is 1.23. The van der Waals surface area contributed by atoms with E-state index in [4.69, 9.17) is 0 Å². The molecule has 1 aromatic rings. The van der Waals surface area contributed by atoms with E-state index in [0.717, 1.165) is 12.0 Å². The molecule has 1 atom stereocenters. The van der Waals surface area contributed by atoms with Gasteiger partial charge in [-0.25, -0.2) is 0 Å². The van der Waals surface area contributed by atoms with E-state index in [9.17, 15) is 27.9 Å². The number of aliphatic carboxylic acids is 1. The second-order valence-electron chi connectivity index (χ2n) is 4.20. The Morgan fingerprint density at radius 3 is 2.20 bits per heavy atom. The fraction of sp³-hybridized carbons (Fsp3) is 0.385. The summed E-state index contributed by atoms with van der Waals surface area (Å²) in [4.78, 5) is 21.5. The van der Waals surface area contributed by atoms with Gasteiger partial charge in [-0.3, -0.25) is 4.79 Å². The second-order valence-corrected chi connectivity index (χ2v) is 4.20. The predicted octanol–water partition coefficient (Wildman–Crippen LogP) is 1.11. The van der Waals surface area contributed by atoms with E-state index in [-0.39, 0.29) is 5.56 Å². The minimum Gasteiger partial charge on any atom is -0.550 e. The highest BCUT2D eigenvalue weighted by atomic mass is 19.4. The monoisotopic (exact) mass is 288 g/mol. The Labute approximate surface area is 113 Å². The molecule has 7 heteroatoms. The van der Waals surface area contributed by atoms with Crippen LogP contribution in [0, 0.1) is 0 Å². The third-order valence-electron chi connectivity index (χ3n) is 2.72. The maximum absolute atomic E-state index is 12.2. The number of halogens is 3. The number of rotatable bonds is 5. The van der Waals surface area contributed by atoms with Crippen LogP contribution in [0.5, 0.6) is 0 Å². The number of nitrogens with one attached hydrogen (secondary N) is 1. The molecular weight excluding hydrogens is 275 g/mol. The Kier molecular flexibility index (Phi) is 5.12. The normalized spacial score (nSPS) is 12.8. The number of carboxylic acids is 1. The third kappa shape index (κ3) is 4.56. The largest absolute Gasteiger partial charge is 0.550 e. The number of hydrogen-bond donors (Lipinski definition) is 1. The van der Waals surface area contributed by atoms with Gasteiger partial charge in [0.25, 0.3) is 0 Å². The molecule has 0 spiro atoms. The Balaban J connectivity index is 2.93. The Morgan fingerprint density at radius 1 is 1.25 bits per heavy atom. The number of carbonyl (C=O) groups excluding carboxylic acids is 2. The molecule has 0 aliphatic carbocycles. The quantitative estimate of drug-likeness (QED) is 0.882. The molecule has 0 aromatic heterocycles. The zero-order valence-electron chi connectivity index (χ0n) is 10.7. The van der Waals surface area contributed by atoms with Crippen LogP contribution < -0.4 is 10.4 Å². The summed E-state index contributed by atoms with van der Waals surface area (Å²) in [7, 11) is 0. The number of benzene rings is 1. The topological polar surface area (TPSA) is 69.2 Å². The number of alkyl halides is 3. The standard InChI is InChI=1S/C13H14F3NO3/c1-2-8-3-5-9(6-4-8)10(7-11(18)19)17-12(20)13(14,15)16/h3-6,10H,2,7H2,1H3,(H,17,20)(H,18,19)/p-1/t10-/m0/s1. The summed E-state index contributed by atoms with van der Waals surface area (Å²) in [6.45, 7) is 1.90. The van der Waals surface area contributed by atoms with Gasteiger partial charge in [0.05, 0.1) is 6.04 Å². The van der Waals surface area contributed by atoms with Crippen LogP contribution in [0.15, 0.2) is 24.3 Å². The first-order valence-electron chi connectivity index (χ1n) is 5.90. The highest BCUT2D eigenvalue weighted by molar-refractivity contribution is 5.82. The maximum Gasteiger partial charge on any atom is 0.471 e. The molecule has 0 bridgehead atoms. The van der Waals surface area contributed by atoms with Gasteiger partial charge in [-0.05, 0) is 17.5 Å². The van der Waals surface area contributed by atoms with Gasteiger partial charge in [-0.1, -0.05) is 31.2 Å². The van der Waals surface area contributed by atoms with E-state index in [2.05, 4.69) is 0 Å². The van der Waals surface area contributed by atoms with Crippen LogP contribution in [0.1, 0.15) is 30.5 Å². The van der Waals surface area contributed by atoms with Gasteiger partial charge in [0.2, 0.25) is 0 Å². The molecule has 0 aliphatic rings. The molecular formula is C13H13F3NO3-. The van der Waals surface area contributed by atoms with E-state index < -0.39 is 30.5 Å². The molecule has 0 heterocycles. The van der Waals surface area contributed by atoms with Crippen molar-refractivity contribution in [2.24, 2.45) is 0 Å². The highest BCUT2D eigenvalue weighted by Crippen LogP contribution is 2.21. The summed E-state index contributed by atoms with van der Waals surface area (Å²) in [6, 6.07) is 5.03. The number of aryl methyl sites for hydroxylation is 1. The first-order valence-corrected chi connectivity index (χ1v) is 5.90. The third-order valence-corrected chi connectivity index (χ3v) is 2.72. The summed E-state index contributed by atoms with van der Waals surface area (Å²) in [6.07, 6.45) is -5.05. The van der Waals surface area contributed by atoms with E-state index in [1.165, 1.54) is 12.1 Å². The zero-order chi connectivity index (χ0) is 15.3. The molecule has 1 N–H and O–H groups in total. The summed E-state index contributed by atoms with van der Waals surface area (Å²) in [5, 5.41) is 12.3. The van der Waals surface area contributed by atoms with E-state index in [0.29, 0.717) is 0 Å². The molecule has 20 heavy (non-hydrogen) atoms. The van der Waals surface area contributed by atoms with Crippen molar-refractivity contribution in [3.05, 3.63) is 35.4 Å². The van der Waals surface area contributed by atoms with Crippen LogP contribution in [0.3, 0.4) is 0 Å². The molecule has 0 saturated heterocycles. The Bertz CT molecular complexity index is 483. The van der Waals surface area contributed by atoms with E-state index in [1.807, 2.05) is 6.92 Å². The van der Waals surface area contributed by atoms with Gasteiger partial charge in [0.1, 0.15) is 0 Å². The Hall–Kier alpha value is -2.05. The van der Waals surface area contributed by atoms with Gasteiger partial charge in [-0.15, -0.1) is 0 Å². The van der Waals surface area contributed by atoms with Gasteiger partial charge in [0, 0.05) is 12.4 Å². The molecule has 0 saturated carbocycles. The first-order chi connectivity index (χ1) is 9.24. The van der Waals surface area contributed by atoms with E-state index >= 15 is 0 Å². The summed E-state index contributed by atoms with van der Waals surface area (Å²) in [5.74, 6) is -3.72. The smallest absolute Gasteiger partial charge is 0.471 e. The van der Waals surface area contributed by atoms with Gasteiger partial charge in [0.15, 0.2) is 0 Å². The van der Waals surface area contributed by atoms with Crippen molar-refractivity contribution < 1.29 is 27.9 Å². The van der Waals surface area contributed by atoms with Crippen molar-refractivity contribution in [1.82, 2.24) is 5.32 Å². The van der Waals surface area contributed by atoms with Crippen molar-refractivity contribution in [2.45, 2.75) is 32.0 Å². The lowest BCUT2D eigenvalue weighted by molar-refractivity contribution is -0.306. The SMILES string of the molecule is CCc1ccc([C@H](CC(=O)[O-])NC(=O)C(F)(F)F)cc1. The fourth-order valence-corrected chi connectivity index (χ4v) is 1.64. The van der Waals surface area contributed by atoms with Crippen LogP contribution in [-0.4, -0.2) is 18.1 Å². The number of hydrogen-bond acceptors (Lipinski definition) is 3. The minimum absolute atomic E-state index is 0.281. The number of amides is 1. The lowest BCUT2D eigenvalue weighted by atomic mass is 10.0. The molecule has 0 aliphatic heterocycles. The lowest BCUT2D eigenvalue weighted by Gasteiger charge is -2.20. The van der Waals surface area contributed by atoms with Crippen LogP contribution >= 0.6 is 0 Å². The molecule has 1 rings (SSSR count). The average molecular weight is 288 g/mol. The van der Waals surface area contributed by atoms with E-state index in [1.54, 1.807) is 17.4 Å². The molecule has 1 amide bonds. The van der Waals surface area contributed by atoms with Crippen LogP contribution in [0.4, 0.5) is 13.2 Å². The van der Waals surface area contributed by atoms with Crippen molar-refractivity contribution in [3.8, 4) is 0 Å². The predicted molar refractivity (Wildman–Crippen MR) is 62.4 cm³/mol. The fourth-order valence-electron chi connectivity index (χ4n) is 1.64.